The number of nitrogens with zero attached hydrogens (tertiary/aromatic N) is 1. The topological polar surface area (TPSA) is 3.24 Å². The fourth-order valence-electron chi connectivity index (χ4n) is 0.844. The van der Waals surface area contributed by atoms with Gasteiger partial charge >= 0.3 is 0 Å². The molecule has 0 saturated carbocycles. The molecule has 0 saturated heterocycles. The lowest BCUT2D eigenvalue weighted by Crippen LogP contribution is -2.10. The van der Waals surface area contributed by atoms with Crippen LogP contribution in [-0.4, -0.2) is 14.1 Å². The van der Waals surface area contributed by atoms with E-state index in [-0.39, 0.29) is 12.4 Å². The molecule has 0 atom stereocenters. The van der Waals surface area contributed by atoms with Gasteiger partial charge in [-0.15, -0.1) is 12.4 Å². The van der Waals surface area contributed by atoms with Crippen LogP contribution in [0.1, 0.15) is 0 Å². The van der Waals surface area contributed by atoms with Gasteiger partial charge in [0.05, 0.1) is 5.69 Å². The highest BCUT2D eigenvalue weighted by atomic mass is 35.5. The van der Waals surface area contributed by atoms with Gasteiger partial charge in [-0.1, -0.05) is 0 Å². The van der Waals surface area contributed by atoms with Crippen molar-refractivity contribution < 1.29 is 8.78 Å². The summed E-state index contributed by atoms with van der Waals surface area (Å²) in [5.41, 5.74) is 0.395. The molecule has 4 heteroatoms. The fraction of sp³-hybridized carbons (Fsp3) is 0.250. The summed E-state index contributed by atoms with van der Waals surface area (Å²) in [4.78, 5) is 1.59. The van der Waals surface area contributed by atoms with E-state index in [0.717, 1.165) is 6.07 Å². The standard InChI is InChI=1S/C8H9F2N.ClH/c1-11(2)8-4-3-6(9)5-7(8)10;/h3-5H,1-2H3;1H. The average molecular weight is 194 g/mol. The van der Waals surface area contributed by atoms with Crippen molar-refractivity contribution in [2.24, 2.45) is 0 Å². The Bertz CT molecular complexity index is 263. The summed E-state index contributed by atoms with van der Waals surface area (Å²) >= 11 is 0. The van der Waals surface area contributed by atoms with Crippen LogP contribution >= 0.6 is 12.4 Å². The highest BCUT2D eigenvalue weighted by Crippen LogP contribution is 2.16. The first kappa shape index (κ1) is 11.2. The lowest BCUT2D eigenvalue weighted by molar-refractivity contribution is 0.583. The summed E-state index contributed by atoms with van der Waals surface area (Å²) in [6.45, 7) is 0. The van der Waals surface area contributed by atoms with Gasteiger partial charge in [-0.3, -0.25) is 0 Å². The van der Waals surface area contributed by atoms with Crippen LogP contribution in [0.4, 0.5) is 14.5 Å². The van der Waals surface area contributed by atoms with Gasteiger partial charge in [-0.05, 0) is 12.1 Å². The van der Waals surface area contributed by atoms with Gasteiger partial charge in [-0.2, -0.15) is 0 Å². The van der Waals surface area contributed by atoms with Crippen molar-refractivity contribution in [1.82, 2.24) is 0 Å². The molecule has 0 unspecified atom stereocenters. The van der Waals surface area contributed by atoms with Gasteiger partial charge in [0.15, 0.2) is 0 Å². The lowest BCUT2D eigenvalue weighted by atomic mass is 10.3. The van der Waals surface area contributed by atoms with Crippen molar-refractivity contribution in [3.8, 4) is 0 Å². The highest BCUT2D eigenvalue weighted by molar-refractivity contribution is 5.85. The van der Waals surface area contributed by atoms with Gasteiger partial charge in [0.25, 0.3) is 0 Å². The monoisotopic (exact) mass is 193 g/mol. The largest absolute Gasteiger partial charge is 0.375 e. The zero-order valence-corrected chi connectivity index (χ0v) is 7.66. The maximum atomic E-state index is 12.8. The number of halogens is 3. The Morgan fingerprint density at radius 1 is 1.17 bits per heavy atom. The summed E-state index contributed by atoms with van der Waals surface area (Å²) < 4.78 is 25.2. The zero-order valence-electron chi connectivity index (χ0n) is 6.84. The molecule has 1 aromatic rings. The summed E-state index contributed by atoms with van der Waals surface area (Å²) in [7, 11) is 3.41. The molecular formula is C8H10ClF2N. The van der Waals surface area contributed by atoms with Crippen molar-refractivity contribution in [2.45, 2.75) is 0 Å². The van der Waals surface area contributed by atoms with Crippen LogP contribution in [0.3, 0.4) is 0 Å². The second-order valence-electron chi connectivity index (χ2n) is 2.49. The SMILES string of the molecule is CN(C)c1ccc(F)cc1F.Cl. The molecule has 0 amide bonds. The first-order chi connectivity index (χ1) is 5.11. The predicted octanol–water partition coefficient (Wildman–Crippen LogP) is 2.45. The molecule has 0 fully saturated rings. The molecule has 68 valence electrons. The molecule has 0 aliphatic carbocycles. The summed E-state index contributed by atoms with van der Waals surface area (Å²) in [5.74, 6) is -1.08. The third-order valence-electron chi connectivity index (χ3n) is 1.39. The third-order valence-corrected chi connectivity index (χ3v) is 1.39. The second-order valence-corrected chi connectivity index (χ2v) is 2.49. The first-order valence-corrected chi connectivity index (χ1v) is 3.23. The average Bonchev–Trinajstić information content (AvgIpc) is 1.85. The van der Waals surface area contributed by atoms with E-state index in [9.17, 15) is 8.78 Å². The number of benzene rings is 1. The molecule has 12 heavy (non-hydrogen) atoms. The van der Waals surface area contributed by atoms with Gasteiger partial charge < -0.3 is 4.90 Å². The van der Waals surface area contributed by atoms with Crippen LogP contribution in [0.2, 0.25) is 0 Å². The Morgan fingerprint density at radius 2 is 1.75 bits per heavy atom. The maximum Gasteiger partial charge on any atom is 0.149 e. The van der Waals surface area contributed by atoms with E-state index in [4.69, 9.17) is 0 Å². The van der Waals surface area contributed by atoms with E-state index >= 15 is 0 Å². The summed E-state index contributed by atoms with van der Waals surface area (Å²) in [6, 6.07) is 3.51. The molecule has 1 nitrogen and oxygen atoms in total. The zero-order chi connectivity index (χ0) is 8.43. The maximum absolute atomic E-state index is 12.8. The molecule has 0 radical (unpaired) electrons. The van der Waals surface area contributed by atoms with E-state index in [1.165, 1.54) is 12.1 Å². The second kappa shape index (κ2) is 4.26. The minimum absolute atomic E-state index is 0. The van der Waals surface area contributed by atoms with E-state index in [1.54, 1.807) is 19.0 Å². The van der Waals surface area contributed by atoms with Gasteiger partial charge in [0.2, 0.25) is 0 Å². The van der Waals surface area contributed by atoms with Crippen LogP contribution < -0.4 is 4.90 Å². The van der Waals surface area contributed by atoms with Crippen molar-refractivity contribution in [1.29, 1.82) is 0 Å². The molecule has 0 spiro atoms. The Morgan fingerprint density at radius 3 is 2.17 bits per heavy atom. The Kier molecular flexibility index (Phi) is 3.96. The molecule has 0 bridgehead atoms. The van der Waals surface area contributed by atoms with Gasteiger partial charge in [0.1, 0.15) is 11.6 Å². The normalized spacial score (nSPS) is 9.00. The Labute approximate surface area is 76.4 Å². The fourth-order valence-corrected chi connectivity index (χ4v) is 0.844. The van der Waals surface area contributed by atoms with Crippen molar-refractivity contribution in [3.05, 3.63) is 29.8 Å². The number of rotatable bonds is 1. The van der Waals surface area contributed by atoms with Crippen LogP contribution in [-0.2, 0) is 0 Å². The Balaban J connectivity index is 0.00000121. The number of anilines is 1. The lowest BCUT2D eigenvalue weighted by Gasteiger charge is -2.12. The van der Waals surface area contributed by atoms with Gasteiger partial charge in [-0.25, -0.2) is 8.78 Å². The molecule has 0 heterocycles. The van der Waals surface area contributed by atoms with E-state index < -0.39 is 11.6 Å². The van der Waals surface area contributed by atoms with Crippen molar-refractivity contribution in [3.63, 3.8) is 0 Å². The molecule has 1 aromatic carbocycles. The van der Waals surface area contributed by atoms with Crippen molar-refractivity contribution >= 4 is 18.1 Å². The molecule has 0 aliphatic rings. The summed E-state index contributed by atoms with van der Waals surface area (Å²) in [6.07, 6.45) is 0. The van der Waals surface area contributed by atoms with E-state index in [0.29, 0.717) is 5.69 Å². The highest BCUT2D eigenvalue weighted by Gasteiger charge is 2.03. The van der Waals surface area contributed by atoms with Crippen LogP contribution in [0.5, 0.6) is 0 Å². The molecule has 0 aliphatic heterocycles. The van der Waals surface area contributed by atoms with E-state index in [1.807, 2.05) is 0 Å². The summed E-state index contributed by atoms with van der Waals surface area (Å²) in [5, 5.41) is 0. The molecular weight excluding hydrogens is 184 g/mol. The van der Waals surface area contributed by atoms with Gasteiger partial charge in [0, 0.05) is 20.2 Å². The minimum Gasteiger partial charge on any atom is -0.375 e. The Hall–Kier alpha value is -0.830. The molecule has 0 N–H and O–H groups in total. The predicted molar refractivity (Wildman–Crippen MR) is 47.9 cm³/mol. The number of hydrogen-bond acceptors (Lipinski definition) is 1. The van der Waals surface area contributed by atoms with Crippen LogP contribution in [0.25, 0.3) is 0 Å². The van der Waals surface area contributed by atoms with E-state index in [2.05, 4.69) is 0 Å². The first-order valence-electron chi connectivity index (χ1n) is 3.23. The third kappa shape index (κ3) is 2.34. The van der Waals surface area contributed by atoms with Crippen LogP contribution in [0.15, 0.2) is 18.2 Å². The van der Waals surface area contributed by atoms with Crippen LogP contribution in [0, 0.1) is 11.6 Å². The quantitative estimate of drug-likeness (QED) is 0.662. The molecule has 0 aromatic heterocycles. The number of hydrogen-bond donors (Lipinski definition) is 0. The minimum atomic E-state index is -0.548. The smallest absolute Gasteiger partial charge is 0.149 e. The van der Waals surface area contributed by atoms with Crippen molar-refractivity contribution in [2.75, 3.05) is 19.0 Å². The molecule has 1 rings (SSSR count).